The van der Waals surface area contributed by atoms with Gasteiger partial charge in [0.25, 0.3) is 0 Å². The van der Waals surface area contributed by atoms with Crippen LogP contribution in [-0.2, 0) is 6.54 Å². The topological polar surface area (TPSA) is 21.3 Å². The molecular formula is C14H15BrFNOS. The highest BCUT2D eigenvalue weighted by Gasteiger charge is 2.11. The molecule has 1 heterocycles. The quantitative estimate of drug-likeness (QED) is 0.862. The van der Waals surface area contributed by atoms with Crippen LogP contribution >= 0.6 is 27.3 Å². The maximum absolute atomic E-state index is 13.9. The summed E-state index contributed by atoms with van der Waals surface area (Å²) in [5.41, 5.74) is 0.649. The second-order valence-corrected chi connectivity index (χ2v) is 6.13. The Bertz CT molecular complexity index is 558. The fraction of sp³-hybridized carbons (Fsp3) is 0.286. The van der Waals surface area contributed by atoms with Crippen molar-refractivity contribution >= 4 is 27.3 Å². The summed E-state index contributed by atoms with van der Waals surface area (Å²) in [5, 5.41) is 5.35. The number of halogens is 2. The highest BCUT2D eigenvalue weighted by Crippen LogP contribution is 2.23. The average molecular weight is 344 g/mol. The van der Waals surface area contributed by atoms with E-state index < -0.39 is 0 Å². The Hall–Kier alpha value is -0.910. The van der Waals surface area contributed by atoms with Gasteiger partial charge >= 0.3 is 0 Å². The van der Waals surface area contributed by atoms with E-state index in [1.165, 1.54) is 18.1 Å². The van der Waals surface area contributed by atoms with Crippen LogP contribution in [0.4, 0.5) is 4.39 Å². The first-order valence-corrected chi connectivity index (χ1v) is 7.57. The minimum Gasteiger partial charge on any atom is -0.497 e. The van der Waals surface area contributed by atoms with Gasteiger partial charge in [-0.1, -0.05) is 6.07 Å². The second-order valence-electron chi connectivity index (χ2n) is 4.22. The molecule has 0 amide bonds. The Morgan fingerprint density at radius 1 is 1.42 bits per heavy atom. The molecule has 19 heavy (non-hydrogen) atoms. The van der Waals surface area contributed by atoms with E-state index in [1.807, 2.05) is 12.3 Å². The van der Waals surface area contributed by atoms with Crippen LogP contribution in [0.25, 0.3) is 0 Å². The zero-order valence-electron chi connectivity index (χ0n) is 10.7. The highest BCUT2D eigenvalue weighted by molar-refractivity contribution is 9.10. The molecule has 1 atom stereocenters. The van der Waals surface area contributed by atoms with E-state index in [0.29, 0.717) is 11.3 Å². The number of thiophene rings is 1. The lowest BCUT2D eigenvalue weighted by atomic mass is 10.1. The normalized spacial score (nSPS) is 12.4. The van der Waals surface area contributed by atoms with Gasteiger partial charge in [0.1, 0.15) is 11.6 Å². The standard InChI is InChI=1S/C14H15BrFNOS/c1-9(17-7-12-5-10(15)8-19-12)13-4-3-11(18-2)6-14(13)16/h3-6,8-9,17H,7H2,1-2H3. The molecule has 0 aliphatic rings. The Kier molecular flexibility index (Phi) is 4.96. The minimum atomic E-state index is -0.244. The zero-order chi connectivity index (χ0) is 13.8. The lowest BCUT2D eigenvalue weighted by Gasteiger charge is -2.15. The van der Waals surface area contributed by atoms with Crippen molar-refractivity contribution < 1.29 is 9.13 Å². The highest BCUT2D eigenvalue weighted by atomic mass is 79.9. The number of nitrogens with one attached hydrogen (secondary N) is 1. The molecule has 0 bridgehead atoms. The predicted molar refractivity (Wildman–Crippen MR) is 80.2 cm³/mol. The van der Waals surface area contributed by atoms with E-state index in [9.17, 15) is 4.39 Å². The van der Waals surface area contributed by atoms with Gasteiger partial charge < -0.3 is 10.1 Å². The molecule has 0 radical (unpaired) electrons. The molecule has 2 aromatic rings. The van der Waals surface area contributed by atoms with Gasteiger partial charge in [-0.2, -0.15) is 0 Å². The summed E-state index contributed by atoms with van der Waals surface area (Å²) in [4.78, 5) is 1.22. The van der Waals surface area contributed by atoms with E-state index in [0.717, 1.165) is 11.0 Å². The zero-order valence-corrected chi connectivity index (χ0v) is 13.1. The van der Waals surface area contributed by atoms with Crippen molar-refractivity contribution in [3.05, 3.63) is 50.4 Å². The maximum Gasteiger partial charge on any atom is 0.131 e. The summed E-state index contributed by atoms with van der Waals surface area (Å²) in [7, 11) is 1.53. The Labute approximate surface area is 124 Å². The van der Waals surface area contributed by atoms with Gasteiger partial charge in [0.15, 0.2) is 0 Å². The van der Waals surface area contributed by atoms with Crippen LogP contribution in [0.2, 0.25) is 0 Å². The number of rotatable bonds is 5. The molecule has 1 unspecified atom stereocenters. The molecule has 1 aromatic heterocycles. The summed E-state index contributed by atoms with van der Waals surface area (Å²) in [6, 6.07) is 6.96. The van der Waals surface area contributed by atoms with Crippen molar-refractivity contribution in [2.24, 2.45) is 0 Å². The van der Waals surface area contributed by atoms with E-state index in [-0.39, 0.29) is 11.9 Å². The van der Waals surface area contributed by atoms with Crippen molar-refractivity contribution in [3.63, 3.8) is 0 Å². The second kappa shape index (κ2) is 6.50. The van der Waals surface area contributed by atoms with Crippen LogP contribution in [0.5, 0.6) is 5.75 Å². The minimum absolute atomic E-state index is 0.0493. The van der Waals surface area contributed by atoms with E-state index >= 15 is 0 Å². The van der Waals surface area contributed by atoms with E-state index in [4.69, 9.17) is 4.74 Å². The number of benzene rings is 1. The molecule has 5 heteroatoms. The molecular weight excluding hydrogens is 329 g/mol. The van der Waals surface area contributed by atoms with Crippen molar-refractivity contribution in [3.8, 4) is 5.75 Å². The fourth-order valence-electron chi connectivity index (χ4n) is 1.80. The monoisotopic (exact) mass is 343 g/mol. The van der Waals surface area contributed by atoms with E-state index in [1.54, 1.807) is 23.5 Å². The molecule has 1 aromatic carbocycles. The average Bonchev–Trinajstić information content (AvgIpc) is 2.81. The van der Waals surface area contributed by atoms with Crippen LogP contribution < -0.4 is 10.1 Å². The maximum atomic E-state index is 13.9. The summed E-state index contributed by atoms with van der Waals surface area (Å²) in [6.45, 7) is 2.68. The Morgan fingerprint density at radius 3 is 2.79 bits per heavy atom. The van der Waals surface area contributed by atoms with Crippen molar-refractivity contribution in [2.45, 2.75) is 19.5 Å². The third-order valence-corrected chi connectivity index (χ3v) is 4.58. The van der Waals surface area contributed by atoms with Gasteiger partial charge in [0.2, 0.25) is 0 Å². The van der Waals surface area contributed by atoms with Crippen molar-refractivity contribution in [2.75, 3.05) is 7.11 Å². The first-order valence-electron chi connectivity index (χ1n) is 5.90. The molecule has 102 valence electrons. The SMILES string of the molecule is COc1ccc(C(C)NCc2cc(Br)cs2)c(F)c1. The third-order valence-electron chi connectivity index (χ3n) is 2.88. The molecule has 0 saturated carbocycles. The Morgan fingerprint density at radius 2 is 2.21 bits per heavy atom. The largest absolute Gasteiger partial charge is 0.497 e. The number of hydrogen-bond donors (Lipinski definition) is 1. The van der Waals surface area contributed by atoms with Gasteiger partial charge in [-0.05, 0) is 35.0 Å². The lowest BCUT2D eigenvalue weighted by molar-refractivity contribution is 0.409. The number of ether oxygens (including phenoxy) is 1. The molecule has 0 aliphatic heterocycles. The smallest absolute Gasteiger partial charge is 0.131 e. The number of hydrogen-bond acceptors (Lipinski definition) is 3. The summed E-state index contributed by atoms with van der Waals surface area (Å²) in [6.07, 6.45) is 0. The van der Waals surface area contributed by atoms with Crippen molar-refractivity contribution in [1.82, 2.24) is 5.32 Å². The molecule has 2 nitrogen and oxygen atoms in total. The third kappa shape index (κ3) is 3.78. The number of methoxy groups -OCH3 is 1. The molecule has 0 fully saturated rings. The van der Waals surface area contributed by atoms with Gasteiger partial charge in [-0.3, -0.25) is 0 Å². The molecule has 0 aliphatic carbocycles. The molecule has 0 spiro atoms. The van der Waals surface area contributed by atoms with E-state index in [2.05, 4.69) is 27.3 Å². The van der Waals surface area contributed by atoms with Crippen LogP contribution in [0.15, 0.2) is 34.1 Å². The Balaban J connectivity index is 2.01. The van der Waals surface area contributed by atoms with Crippen molar-refractivity contribution in [1.29, 1.82) is 0 Å². The van der Waals surface area contributed by atoms with Crippen LogP contribution in [-0.4, -0.2) is 7.11 Å². The molecule has 2 rings (SSSR count). The fourth-order valence-corrected chi connectivity index (χ4v) is 3.20. The van der Waals surface area contributed by atoms with Gasteiger partial charge in [0, 0.05) is 38.9 Å². The summed E-state index contributed by atoms with van der Waals surface area (Å²) in [5.74, 6) is 0.294. The van der Waals surface area contributed by atoms with Gasteiger partial charge in [-0.25, -0.2) is 4.39 Å². The van der Waals surface area contributed by atoms with Crippen LogP contribution in [0, 0.1) is 5.82 Å². The lowest BCUT2D eigenvalue weighted by Crippen LogP contribution is -2.18. The van der Waals surface area contributed by atoms with Crippen LogP contribution in [0.1, 0.15) is 23.4 Å². The predicted octanol–water partition coefficient (Wildman–Crippen LogP) is 4.51. The summed E-state index contributed by atoms with van der Waals surface area (Å²) < 4.78 is 20.0. The molecule has 0 saturated heterocycles. The van der Waals surface area contributed by atoms with Crippen LogP contribution in [0.3, 0.4) is 0 Å². The first kappa shape index (κ1) is 14.5. The van der Waals surface area contributed by atoms with Gasteiger partial charge in [0.05, 0.1) is 7.11 Å². The van der Waals surface area contributed by atoms with Gasteiger partial charge in [-0.15, -0.1) is 11.3 Å². The first-order chi connectivity index (χ1) is 9.10. The summed E-state index contributed by atoms with van der Waals surface area (Å²) >= 11 is 5.09. The molecule has 1 N–H and O–H groups in total.